The Hall–Kier alpha value is -7.92. The number of aliphatic carboxylic acids is 3. The largest absolute Gasteiger partial charge is 0.478 e. The van der Waals surface area contributed by atoms with E-state index in [-0.39, 0.29) is 0 Å². The lowest BCUT2D eigenvalue weighted by Crippen LogP contribution is -2.32. The second kappa shape index (κ2) is 29.4. The van der Waals surface area contributed by atoms with E-state index in [9.17, 15) is 43.2 Å². The zero-order valence-corrected chi connectivity index (χ0v) is 31.3. The SMILES string of the molecule is C=CC(=O)OCC(COc1nc(OCC(COC(=O)C=C)OC(=O)/C=C/C(=O)O)nc(OCC(COC(=O)C=C)OC(=O)/C=C/C(=O)O)n1)OC(=O)/C=C/C(=O)O.CC. The molecule has 320 valence electrons. The van der Waals surface area contributed by atoms with Crippen LogP contribution in [0, 0.1) is 0 Å². The van der Waals surface area contributed by atoms with Gasteiger partial charge in [-0.15, -0.1) is 15.0 Å². The van der Waals surface area contributed by atoms with E-state index < -0.39 is 130 Å². The first-order valence-corrected chi connectivity index (χ1v) is 16.4. The lowest BCUT2D eigenvalue weighted by Gasteiger charge is -2.19. The molecule has 0 aliphatic rings. The Labute approximate surface area is 333 Å². The summed E-state index contributed by atoms with van der Waals surface area (Å²) in [7, 11) is 0. The zero-order valence-electron chi connectivity index (χ0n) is 31.3. The fraction of sp³-hybridized carbons (Fsp3) is 0.314. The Morgan fingerprint density at radius 2 is 0.678 bits per heavy atom. The van der Waals surface area contributed by atoms with Crippen molar-refractivity contribution in [3.05, 3.63) is 74.4 Å². The molecule has 1 aromatic rings. The standard InChI is InChI=1S/C33H33N3O21.C2H6/c1-4-25(43)49-13-19(55-28(46)10-7-22(37)38)16-52-31-34-32(53-17-20(14-50-26(44)5-2)56-29(47)11-8-23(39)40)36-33(35-31)54-18-21(15-51-27(45)6-3)57-30(48)12-9-24(41)42;1-2/h4-12,19-21H,1-3,13-18H2,(H,37,38)(H,39,40)(H,41,42);1-2H3/b10-7+,11-8+,12-9+;. The monoisotopic (exact) mass is 837 g/mol. The van der Waals surface area contributed by atoms with E-state index in [2.05, 4.69) is 34.7 Å². The van der Waals surface area contributed by atoms with Gasteiger partial charge in [0.25, 0.3) is 0 Å². The Morgan fingerprint density at radius 1 is 0.441 bits per heavy atom. The number of aromatic nitrogens is 3. The fourth-order valence-corrected chi connectivity index (χ4v) is 3.10. The minimum atomic E-state index is -1.48. The van der Waals surface area contributed by atoms with Gasteiger partial charge < -0.3 is 58.0 Å². The summed E-state index contributed by atoms with van der Waals surface area (Å²) in [6, 6.07) is -2.04. The van der Waals surface area contributed by atoms with Gasteiger partial charge in [-0.2, -0.15) is 0 Å². The summed E-state index contributed by atoms with van der Waals surface area (Å²) >= 11 is 0. The smallest absolute Gasteiger partial charge is 0.331 e. The van der Waals surface area contributed by atoms with Gasteiger partial charge in [0, 0.05) is 54.7 Å². The second-order valence-electron chi connectivity index (χ2n) is 9.81. The van der Waals surface area contributed by atoms with Gasteiger partial charge in [-0.3, -0.25) is 0 Å². The van der Waals surface area contributed by atoms with E-state index in [0.717, 1.165) is 18.2 Å². The topological polar surface area (TPSA) is 336 Å². The number of ether oxygens (including phenoxy) is 9. The summed E-state index contributed by atoms with van der Waals surface area (Å²) in [5.41, 5.74) is 0. The highest BCUT2D eigenvalue weighted by Crippen LogP contribution is 2.17. The molecule has 24 heteroatoms. The number of esters is 6. The van der Waals surface area contributed by atoms with Gasteiger partial charge in [-0.1, -0.05) is 33.6 Å². The quantitative estimate of drug-likeness (QED) is 0.0590. The maximum atomic E-state index is 12.1. The molecule has 0 bridgehead atoms. The molecular weight excluding hydrogens is 798 g/mol. The van der Waals surface area contributed by atoms with Crippen LogP contribution in [0.1, 0.15) is 13.8 Å². The second-order valence-corrected chi connectivity index (χ2v) is 9.81. The summed E-state index contributed by atoms with van der Waals surface area (Å²) in [5, 5.41) is 26.3. The van der Waals surface area contributed by atoms with Gasteiger partial charge in [0.05, 0.1) is 0 Å². The molecule has 3 unspecified atom stereocenters. The summed E-state index contributed by atoms with van der Waals surface area (Å²) in [5.74, 6) is -10.9. The van der Waals surface area contributed by atoms with E-state index in [0.29, 0.717) is 36.5 Å². The average molecular weight is 838 g/mol. The van der Waals surface area contributed by atoms with Crippen molar-refractivity contribution in [3.63, 3.8) is 0 Å². The minimum Gasteiger partial charge on any atom is -0.478 e. The van der Waals surface area contributed by atoms with Crippen molar-refractivity contribution in [2.24, 2.45) is 0 Å². The first-order valence-electron chi connectivity index (χ1n) is 16.4. The van der Waals surface area contributed by atoms with E-state index in [4.69, 9.17) is 58.0 Å². The van der Waals surface area contributed by atoms with Crippen molar-refractivity contribution in [1.82, 2.24) is 15.0 Å². The Bertz CT molecular complexity index is 1560. The molecule has 0 radical (unpaired) electrons. The van der Waals surface area contributed by atoms with Crippen LogP contribution in [0.4, 0.5) is 0 Å². The number of carboxylic acid groups (broad SMARTS) is 3. The molecule has 3 atom stereocenters. The van der Waals surface area contributed by atoms with E-state index in [1.54, 1.807) is 0 Å². The third-order valence-corrected chi connectivity index (χ3v) is 5.44. The van der Waals surface area contributed by atoms with Gasteiger partial charge in [0.1, 0.15) is 39.6 Å². The van der Waals surface area contributed by atoms with Crippen LogP contribution in [0.15, 0.2) is 74.4 Å². The Morgan fingerprint density at radius 3 is 0.881 bits per heavy atom. The number of carbonyl (C=O) groups excluding carboxylic acids is 6. The van der Waals surface area contributed by atoms with Crippen LogP contribution in [0.5, 0.6) is 18.0 Å². The highest BCUT2D eigenvalue weighted by Gasteiger charge is 2.23. The molecule has 24 nitrogen and oxygen atoms in total. The van der Waals surface area contributed by atoms with E-state index >= 15 is 0 Å². The summed E-state index contributed by atoms with van der Waals surface area (Å²) < 4.78 is 46.1. The summed E-state index contributed by atoms with van der Waals surface area (Å²) in [4.78, 5) is 115. The number of rotatable bonds is 27. The lowest BCUT2D eigenvalue weighted by atomic mass is 10.4. The first kappa shape index (κ1) is 51.1. The van der Waals surface area contributed by atoms with Crippen molar-refractivity contribution >= 4 is 53.7 Å². The average Bonchev–Trinajstić information content (AvgIpc) is 3.21. The van der Waals surface area contributed by atoms with Crippen molar-refractivity contribution in [3.8, 4) is 18.0 Å². The summed E-state index contributed by atoms with van der Waals surface area (Å²) in [6.07, 6.45) is 1.06. The van der Waals surface area contributed by atoms with Crippen LogP contribution in [0.2, 0.25) is 0 Å². The molecule has 1 aromatic heterocycles. The summed E-state index contributed by atoms with van der Waals surface area (Å²) in [6.45, 7) is 9.57. The van der Waals surface area contributed by atoms with Crippen molar-refractivity contribution in [2.45, 2.75) is 32.2 Å². The van der Waals surface area contributed by atoms with Gasteiger partial charge >= 0.3 is 71.8 Å². The van der Waals surface area contributed by atoms with Gasteiger partial charge in [-0.25, -0.2) is 43.2 Å². The predicted octanol–water partition coefficient (Wildman–Crippen LogP) is -0.120. The van der Waals surface area contributed by atoms with E-state index in [1.165, 1.54) is 0 Å². The van der Waals surface area contributed by atoms with Crippen LogP contribution < -0.4 is 14.2 Å². The van der Waals surface area contributed by atoms with Gasteiger partial charge in [0.2, 0.25) is 0 Å². The van der Waals surface area contributed by atoms with Crippen molar-refractivity contribution < 1.29 is 101 Å². The van der Waals surface area contributed by atoms with Gasteiger partial charge in [-0.05, 0) is 0 Å². The number of carbonyl (C=O) groups is 9. The zero-order chi connectivity index (χ0) is 44.8. The molecule has 3 N–H and O–H groups in total. The fourth-order valence-electron chi connectivity index (χ4n) is 3.10. The maximum absolute atomic E-state index is 12.1. The molecule has 0 amide bonds. The molecule has 59 heavy (non-hydrogen) atoms. The molecule has 0 saturated heterocycles. The number of hydrogen-bond donors (Lipinski definition) is 3. The van der Waals surface area contributed by atoms with Crippen LogP contribution in [-0.4, -0.2) is 142 Å². The van der Waals surface area contributed by atoms with Gasteiger partial charge in [0.15, 0.2) is 18.3 Å². The lowest BCUT2D eigenvalue weighted by molar-refractivity contribution is -0.154. The molecule has 1 rings (SSSR count). The molecule has 0 aliphatic heterocycles. The maximum Gasteiger partial charge on any atom is 0.331 e. The van der Waals surface area contributed by atoms with Crippen molar-refractivity contribution in [1.29, 1.82) is 0 Å². The third kappa shape index (κ3) is 25.7. The predicted molar refractivity (Wildman–Crippen MR) is 191 cm³/mol. The van der Waals surface area contributed by atoms with Crippen LogP contribution in [0.3, 0.4) is 0 Å². The molecule has 0 aromatic carbocycles. The normalized spacial score (nSPS) is 11.9. The van der Waals surface area contributed by atoms with Crippen LogP contribution in [-0.2, 0) is 71.6 Å². The van der Waals surface area contributed by atoms with Crippen LogP contribution in [0.25, 0.3) is 0 Å². The number of hydrogen-bond acceptors (Lipinski definition) is 21. The third-order valence-electron chi connectivity index (χ3n) is 5.44. The molecule has 0 fully saturated rings. The number of nitrogens with zero attached hydrogens (tertiary/aromatic N) is 3. The Kier molecular flexibility index (Phi) is 25.4. The Balaban J connectivity index is 0.0000165. The van der Waals surface area contributed by atoms with E-state index in [1.807, 2.05) is 13.8 Å². The molecule has 1 heterocycles. The molecule has 0 spiro atoms. The van der Waals surface area contributed by atoms with Crippen LogP contribution >= 0.6 is 0 Å². The number of carboxylic acids is 3. The highest BCUT2D eigenvalue weighted by atomic mass is 16.6. The molecular formula is C35H39N3O21. The molecule has 0 aliphatic carbocycles. The minimum absolute atomic E-state index is 0.464. The van der Waals surface area contributed by atoms with Crippen molar-refractivity contribution in [2.75, 3.05) is 39.6 Å². The highest BCUT2D eigenvalue weighted by molar-refractivity contribution is 5.92. The molecule has 0 saturated carbocycles. The first-order chi connectivity index (χ1) is 28.0.